The van der Waals surface area contributed by atoms with Crippen molar-refractivity contribution in [3.8, 4) is 0 Å². The molecular formula is C7H13NO4. The van der Waals surface area contributed by atoms with Crippen LogP contribution in [0.15, 0.2) is 0 Å². The Hall–Kier alpha value is -1.13. The van der Waals surface area contributed by atoms with E-state index in [9.17, 15) is 14.9 Å². The lowest BCUT2D eigenvalue weighted by atomic mass is 10.2. The van der Waals surface area contributed by atoms with Crippen molar-refractivity contribution in [3.05, 3.63) is 10.1 Å². The van der Waals surface area contributed by atoms with Crippen molar-refractivity contribution in [2.75, 3.05) is 13.7 Å². The summed E-state index contributed by atoms with van der Waals surface area (Å²) in [6.07, 6.45) is 2.26. The lowest BCUT2D eigenvalue weighted by Gasteiger charge is -1.97. The second-order valence-electron chi connectivity index (χ2n) is 2.44. The van der Waals surface area contributed by atoms with Crippen LogP contribution < -0.4 is 0 Å². The van der Waals surface area contributed by atoms with Crippen molar-refractivity contribution in [1.82, 2.24) is 0 Å². The summed E-state index contributed by atoms with van der Waals surface area (Å²) in [7, 11) is 1.33. The highest BCUT2D eigenvalue weighted by Gasteiger charge is 2.01. The van der Waals surface area contributed by atoms with Gasteiger partial charge in [-0.15, -0.1) is 0 Å². The summed E-state index contributed by atoms with van der Waals surface area (Å²) in [6.45, 7) is -0.0127. The van der Waals surface area contributed by atoms with Gasteiger partial charge in [0.15, 0.2) is 0 Å². The highest BCUT2D eigenvalue weighted by Crippen LogP contribution is 2.00. The van der Waals surface area contributed by atoms with E-state index in [1.165, 1.54) is 7.11 Å². The van der Waals surface area contributed by atoms with Gasteiger partial charge in [0.1, 0.15) is 0 Å². The summed E-state index contributed by atoms with van der Waals surface area (Å²) in [5, 5.41) is 9.87. The molecule has 0 aromatic heterocycles. The van der Waals surface area contributed by atoms with Crippen molar-refractivity contribution < 1.29 is 14.5 Å². The van der Waals surface area contributed by atoms with E-state index < -0.39 is 0 Å². The molecule has 0 spiro atoms. The minimum atomic E-state index is -0.349. The molecule has 0 radical (unpaired) electrons. The smallest absolute Gasteiger partial charge is 0.305 e. The van der Waals surface area contributed by atoms with Crippen LogP contribution in [0.4, 0.5) is 0 Å². The van der Waals surface area contributed by atoms with Gasteiger partial charge in [0.2, 0.25) is 6.54 Å². The third kappa shape index (κ3) is 6.98. The van der Waals surface area contributed by atoms with Crippen LogP contribution in [0.5, 0.6) is 0 Å². The standard InChI is InChI=1S/C7H13NO4/c1-12-7(9)5-3-2-4-6-8(10)11/h2-6H2,1H3. The molecule has 0 heterocycles. The summed E-state index contributed by atoms with van der Waals surface area (Å²) >= 11 is 0. The minimum absolute atomic E-state index is 0.0127. The zero-order chi connectivity index (χ0) is 9.40. The van der Waals surface area contributed by atoms with E-state index >= 15 is 0 Å². The molecule has 0 aromatic rings. The second kappa shape index (κ2) is 6.57. The van der Waals surface area contributed by atoms with Crippen molar-refractivity contribution in [3.63, 3.8) is 0 Å². The van der Waals surface area contributed by atoms with Crippen LogP contribution in [0.3, 0.4) is 0 Å². The average Bonchev–Trinajstić information content (AvgIpc) is 2.03. The molecule has 70 valence electrons. The van der Waals surface area contributed by atoms with Crippen molar-refractivity contribution in [2.24, 2.45) is 0 Å². The van der Waals surface area contributed by atoms with E-state index in [2.05, 4.69) is 4.74 Å². The van der Waals surface area contributed by atoms with Gasteiger partial charge in [0.05, 0.1) is 7.11 Å². The average molecular weight is 175 g/mol. The molecule has 0 bridgehead atoms. The van der Waals surface area contributed by atoms with Gasteiger partial charge >= 0.3 is 5.97 Å². The van der Waals surface area contributed by atoms with Crippen LogP contribution >= 0.6 is 0 Å². The van der Waals surface area contributed by atoms with E-state index in [1.54, 1.807) is 0 Å². The van der Waals surface area contributed by atoms with Crippen LogP contribution in [0.1, 0.15) is 25.7 Å². The maximum atomic E-state index is 10.6. The zero-order valence-electron chi connectivity index (χ0n) is 7.12. The molecule has 0 unspecified atom stereocenters. The third-order valence-corrected chi connectivity index (χ3v) is 1.45. The lowest BCUT2D eigenvalue weighted by Crippen LogP contribution is -2.02. The van der Waals surface area contributed by atoms with Crippen LogP contribution in [-0.2, 0) is 9.53 Å². The Morgan fingerprint density at radius 3 is 2.58 bits per heavy atom. The van der Waals surface area contributed by atoms with Crippen LogP contribution in [0.25, 0.3) is 0 Å². The first kappa shape index (κ1) is 10.9. The van der Waals surface area contributed by atoms with E-state index in [0.29, 0.717) is 25.7 Å². The Morgan fingerprint density at radius 1 is 1.42 bits per heavy atom. The number of rotatable bonds is 6. The maximum absolute atomic E-state index is 10.6. The fraction of sp³-hybridized carbons (Fsp3) is 0.857. The number of unbranched alkanes of at least 4 members (excludes halogenated alkanes) is 2. The van der Waals surface area contributed by atoms with Gasteiger partial charge in [-0.2, -0.15) is 0 Å². The topological polar surface area (TPSA) is 69.4 Å². The molecule has 0 rings (SSSR count). The molecule has 5 nitrogen and oxygen atoms in total. The molecule has 0 aliphatic rings. The maximum Gasteiger partial charge on any atom is 0.305 e. The number of carbonyl (C=O) groups is 1. The Balaban J connectivity index is 3.11. The van der Waals surface area contributed by atoms with Crippen molar-refractivity contribution >= 4 is 5.97 Å². The predicted octanol–water partition coefficient (Wildman–Crippen LogP) is 0.996. The fourth-order valence-corrected chi connectivity index (χ4v) is 0.789. The zero-order valence-corrected chi connectivity index (χ0v) is 7.12. The predicted molar refractivity (Wildman–Crippen MR) is 42.3 cm³/mol. The Kier molecular flexibility index (Phi) is 5.95. The monoisotopic (exact) mass is 175 g/mol. The number of methoxy groups -OCH3 is 1. The van der Waals surface area contributed by atoms with Crippen LogP contribution in [0.2, 0.25) is 0 Å². The third-order valence-electron chi connectivity index (χ3n) is 1.45. The Labute approximate surface area is 70.9 Å². The molecule has 0 aromatic carbocycles. The van der Waals surface area contributed by atoms with Gasteiger partial charge in [0, 0.05) is 17.8 Å². The summed E-state index contributed by atoms with van der Waals surface area (Å²) in [5.74, 6) is -0.254. The molecule has 0 saturated heterocycles. The number of nitro groups is 1. The van der Waals surface area contributed by atoms with Gasteiger partial charge in [-0.25, -0.2) is 0 Å². The number of ether oxygens (including phenoxy) is 1. The molecule has 0 amide bonds. The van der Waals surface area contributed by atoms with E-state index in [4.69, 9.17) is 0 Å². The molecule has 0 fully saturated rings. The second-order valence-corrected chi connectivity index (χ2v) is 2.44. The molecule has 5 heteroatoms. The quantitative estimate of drug-likeness (QED) is 0.261. The van der Waals surface area contributed by atoms with Crippen molar-refractivity contribution in [2.45, 2.75) is 25.7 Å². The molecule has 0 aliphatic carbocycles. The summed E-state index contributed by atoms with van der Waals surface area (Å²) in [5.41, 5.74) is 0. The van der Waals surface area contributed by atoms with Crippen LogP contribution in [0, 0.1) is 10.1 Å². The van der Waals surface area contributed by atoms with Gasteiger partial charge in [0.25, 0.3) is 0 Å². The number of carbonyl (C=O) groups excluding carboxylic acids is 1. The summed E-state index contributed by atoms with van der Waals surface area (Å²) in [4.78, 5) is 20.1. The molecule has 12 heavy (non-hydrogen) atoms. The number of hydrogen-bond donors (Lipinski definition) is 0. The first-order chi connectivity index (χ1) is 5.66. The molecule has 0 aliphatic heterocycles. The minimum Gasteiger partial charge on any atom is -0.469 e. The molecule has 0 saturated carbocycles. The Morgan fingerprint density at radius 2 is 2.08 bits per heavy atom. The van der Waals surface area contributed by atoms with Crippen LogP contribution in [-0.4, -0.2) is 24.5 Å². The molecule has 0 N–H and O–H groups in total. The van der Waals surface area contributed by atoms with E-state index in [0.717, 1.165) is 0 Å². The largest absolute Gasteiger partial charge is 0.469 e. The first-order valence-electron chi connectivity index (χ1n) is 3.85. The fourth-order valence-electron chi connectivity index (χ4n) is 0.789. The highest BCUT2D eigenvalue weighted by atomic mass is 16.6. The highest BCUT2D eigenvalue weighted by molar-refractivity contribution is 5.68. The van der Waals surface area contributed by atoms with E-state index in [1.807, 2.05) is 0 Å². The number of hydrogen-bond acceptors (Lipinski definition) is 4. The summed E-state index contributed by atoms with van der Waals surface area (Å²) in [6, 6.07) is 0. The first-order valence-corrected chi connectivity index (χ1v) is 3.85. The molecular weight excluding hydrogens is 162 g/mol. The van der Waals surface area contributed by atoms with Gasteiger partial charge in [-0.1, -0.05) is 0 Å². The SMILES string of the molecule is COC(=O)CCCCC[N+](=O)[O-]. The normalized spacial score (nSPS) is 9.42. The van der Waals surface area contributed by atoms with Gasteiger partial charge < -0.3 is 4.74 Å². The summed E-state index contributed by atoms with van der Waals surface area (Å²) < 4.78 is 4.41. The van der Waals surface area contributed by atoms with E-state index in [-0.39, 0.29) is 17.4 Å². The van der Waals surface area contributed by atoms with Gasteiger partial charge in [-0.05, 0) is 12.8 Å². The Bertz CT molecular complexity index is 157. The van der Waals surface area contributed by atoms with Crippen molar-refractivity contribution in [1.29, 1.82) is 0 Å². The number of esters is 1. The lowest BCUT2D eigenvalue weighted by molar-refractivity contribution is -0.480. The number of nitrogens with zero attached hydrogens (tertiary/aromatic N) is 1. The van der Waals surface area contributed by atoms with Gasteiger partial charge in [-0.3, -0.25) is 14.9 Å². The molecule has 0 atom stereocenters.